The van der Waals surface area contributed by atoms with Gasteiger partial charge in [-0.25, -0.2) is 5.01 Å². The van der Waals surface area contributed by atoms with Crippen LogP contribution in [0.2, 0.25) is 5.02 Å². The van der Waals surface area contributed by atoms with Crippen LogP contribution in [0.15, 0.2) is 54.6 Å². The number of carbonyl (C=O) groups excluding carboxylic acids is 1. The van der Waals surface area contributed by atoms with E-state index >= 15 is 0 Å². The van der Waals surface area contributed by atoms with Crippen LogP contribution in [0.3, 0.4) is 0 Å². The second-order valence-electron chi connectivity index (χ2n) is 7.32. The van der Waals surface area contributed by atoms with Gasteiger partial charge in [-0.2, -0.15) is 0 Å². The molecule has 0 aromatic heterocycles. The SMILES string of the molecule is CC1(C)C(=O)NN2c3cc(Cl)ccc3-c3c(ccc4ccccc34)OC21. The molecule has 1 atom stereocenters. The van der Waals surface area contributed by atoms with E-state index in [2.05, 4.69) is 23.6 Å². The molecule has 4 nitrogen and oxygen atoms in total. The molecule has 3 aromatic carbocycles. The van der Waals surface area contributed by atoms with Crippen molar-refractivity contribution in [3.05, 3.63) is 59.6 Å². The average Bonchev–Trinajstić information content (AvgIpc) is 2.77. The Labute approximate surface area is 156 Å². The van der Waals surface area contributed by atoms with Crippen LogP contribution >= 0.6 is 11.6 Å². The van der Waals surface area contributed by atoms with Gasteiger partial charge in [-0.05, 0) is 42.8 Å². The van der Waals surface area contributed by atoms with Crippen LogP contribution in [-0.4, -0.2) is 12.1 Å². The second-order valence-corrected chi connectivity index (χ2v) is 7.76. The number of carbonyl (C=O) groups is 1. The van der Waals surface area contributed by atoms with Gasteiger partial charge < -0.3 is 4.74 Å². The first-order chi connectivity index (χ1) is 12.5. The molecular weight excluding hydrogens is 348 g/mol. The van der Waals surface area contributed by atoms with Gasteiger partial charge in [0.1, 0.15) is 11.2 Å². The third-order valence-electron chi connectivity index (χ3n) is 5.28. The van der Waals surface area contributed by atoms with Gasteiger partial charge in [0, 0.05) is 16.1 Å². The fourth-order valence-electron chi connectivity index (χ4n) is 3.80. The zero-order chi connectivity index (χ0) is 18.1. The first-order valence-corrected chi connectivity index (χ1v) is 8.93. The molecule has 5 heteroatoms. The van der Waals surface area contributed by atoms with E-state index in [4.69, 9.17) is 16.3 Å². The van der Waals surface area contributed by atoms with Crippen LogP contribution < -0.4 is 15.2 Å². The number of rotatable bonds is 0. The molecule has 26 heavy (non-hydrogen) atoms. The van der Waals surface area contributed by atoms with Gasteiger partial charge in [0.15, 0.2) is 0 Å². The van der Waals surface area contributed by atoms with E-state index in [0.717, 1.165) is 33.3 Å². The molecule has 1 N–H and O–H groups in total. The molecule has 0 radical (unpaired) electrons. The molecule has 0 spiro atoms. The fourth-order valence-corrected chi connectivity index (χ4v) is 3.96. The minimum absolute atomic E-state index is 0.0716. The van der Waals surface area contributed by atoms with Gasteiger partial charge in [0.05, 0.1) is 5.69 Å². The molecule has 0 bridgehead atoms. The molecule has 1 amide bonds. The fraction of sp³-hybridized carbons (Fsp3) is 0.190. The normalized spacial score (nSPS) is 19.9. The largest absolute Gasteiger partial charge is 0.467 e. The Morgan fingerprint density at radius 2 is 1.92 bits per heavy atom. The van der Waals surface area contributed by atoms with E-state index in [-0.39, 0.29) is 5.91 Å². The Bertz CT molecular complexity index is 1080. The topological polar surface area (TPSA) is 41.6 Å². The highest BCUT2D eigenvalue weighted by Gasteiger charge is 2.51. The molecule has 1 saturated heterocycles. The molecular formula is C21H17ClN2O2. The van der Waals surface area contributed by atoms with Crippen LogP contribution in [-0.2, 0) is 4.79 Å². The maximum Gasteiger partial charge on any atom is 0.250 e. The van der Waals surface area contributed by atoms with Gasteiger partial charge in [-0.1, -0.05) is 48.0 Å². The quantitative estimate of drug-likeness (QED) is 0.625. The summed E-state index contributed by atoms with van der Waals surface area (Å²) in [5.74, 6) is 0.696. The zero-order valence-corrected chi connectivity index (χ0v) is 15.2. The number of hydrogen-bond acceptors (Lipinski definition) is 3. The zero-order valence-electron chi connectivity index (χ0n) is 14.4. The van der Waals surface area contributed by atoms with Crippen molar-refractivity contribution in [2.75, 3.05) is 5.01 Å². The highest BCUT2D eigenvalue weighted by atomic mass is 35.5. The van der Waals surface area contributed by atoms with Crippen molar-refractivity contribution in [3.8, 4) is 16.9 Å². The summed E-state index contributed by atoms with van der Waals surface area (Å²) in [6, 6.07) is 18.0. The van der Waals surface area contributed by atoms with Crippen molar-refractivity contribution < 1.29 is 9.53 Å². The summed E-state index contributed by atoms with van der Waals surface area (Å²) in [5, 5.41) is 4.67. The molecule has 5 rings (SSSR count). The van der Waals surface area contributed by atoms with Crippen LogP contribution in [0.1, 0.15) is 13.8 Å². The van der Waals surface area contributed by atoms with Crippen LogP contribution in [0, 0.1) is 5.41 Å². The van der Waals surface area contributed by atoms with E-state index in [0.29, 0.717) is 5.02 Å². The van der Waals surface area contributed by atoms with Gasteiger partial charge in [0.2, 0.25) is 12.1 Å². The number of nitrogens with zero attached hydrogens (tertiary/aromatic N) is 1. The lowest BCUT2D eigenvalue weighted by Crippen LogP contribution is -2.44. The minimum Gasteiger partial charge on any atom is -0.467 e. The van der Waals surface area contributed by atoms with Crippen LogP contribution in [0.25, 0.3) is 21.9 Å². The lowest BCUT2D eigenvalue weighted by Gasteiger charge is -2.29. The third kappa shape index (κ3) is 1.99. The number of ether oxygens (including phenoxy) is 1. The molecule has 0 saturated carbocycles. The van der Waals surface area contributed by atoms with E-state index in [1.54, 1.807) is 5.01 Å². The number of fused-ring (bicyclic) bond motifs is 7. The van der Waals surface area contributed by atoms with E-state index < -0.39 is 11.6 Å². The number of anilines is 1. The van der Waals surface area contributed by atoms with Crippen molar-refractivity contribution >= 4 is 34.0 Å². The van der Waals surface area contributed by atoms with Gasteiger partial charge in [-0.3, -0.25) is 10.2 Å². The first-order valence-electron chi connectivity index (χ1n) is 8.55. The van der Waals surface area contributed by atoms with Gasteiger partial charge >= 0.3 is 0 Å². The Morgan fingerprint density at radius 1 is 1.12 bits per heavy atom. The smallest absolute Gasteiger partial charge is 0.250 e. The standard InChI is InChI=1S/C21H17ClN2O2/c1-21(2)19(25)23-24-16-11-13(22)8-9-15(16)18-14-6-4-3-5-12(14)7-10-17(18)26-20(21)24/h3-11,20H,1-2H3,(H,23,25). The van der Waals surface area contributed by atoms with Crippen molar-refractivity contribution in [2.45, 2.75) is 20.1 Å². The summed E-state index contributed by atoms with van der Waals surface area (Å²) in [4.78, 5) is 12.5. The number of hydrazine groups is 1. The molecule has 0 aliphatic carbocycles. The van der Waals surface area contributed by atoms with Crippen LogP contribution in [0.5, 0.6) is 5.75 Å². The summed E-state index contributed by atoms with van der Waals surface area (Å²) in [6.07, 6.45) is -0.463. The molecule has 1 fully saturated rings. The van der Waals surface area contributed by atoms with E-state index in [9.17, 15) is 4.79 Å². The number of amides is 1. The Kier molecular flexibility index (Phi) is 3.07. The van der Waals surface area contributed by atoms with Crippen molar-refractivity contribution in [3.63, 3.8) is 0 Å². The summed E-state index contributed by atoms with van der Waals surface area (Å²) in [7, 11) is 0. The number of hydrogen-bond donors (Lipinski definition) is 1. The summed E-state index contributed by atoms with van der Waals surface area (Å²) < 4.78 is 6.40. The lowest BCUT2D eigenvalue weighted by molar-refractivity contribution is -0.128. The molecule has 130 valence electrons. The molecule has 1 unspecified atom stereocenters. The monoisotopic (exact) mass is 364 g/mol. The predicted octanol–water partition coefficient (Wildman–Crippen LogP) is 4.76. The number of halogens is 1. The van der Waals surface area contributed by atoms with E-state index in [1.165, 1.54) is 0 Å². The Hall–Kier alpha value is -2.72. The summed E-state index contributed by atoms with van der Waals surface area (Å²) in [6.45, 7) is 3.78. The maximum absolute atomic E-state index is 12.5. The van der Waals surface area contributed by atoms with Gasteiger partial charge in [0.25, 0.3) is 0 Å². The minimum atomic E-state index is -0.702. The van der Waals surface area contributed by atoms with Crippen molar-refractivity contribution in [2.24, 2.45) is 5.41 Å². The molecule has 3 aromatic rings. The Balaban J connectivity index is 1.87. The first kappa shape index (κ1) is 15.5. The highest BCUT2D eigenvalue weighted by Crippen LogP contribution is 2.49. The molecule has 2 heterocycles. The maximum atomic E-state index is 12.5. The van der Waals surface area contributed by atoms with Gasteiger partial charge in [-0.15, -0.1) is 0 Å². The molecule has 2 aliphatic heterocycles. The summed E-state index contributed by atoms with van der Waals surface area (Å²) >= 11 is 6.29. The Morgan fingerprint density at radius 3 is 2.77 bits per heavy atom. The summed E-state index contributed by atoms with van der Waals surface area (Å²) in [5.41, 5.74) is 5.12. The van der Waals surface area contributed by atoms with E-state index in [1.807, 2.05) is 50.2 Å². The lowest BCUT2D eigenvalue weighted by atomic mass is 9.91. The predicted molar refractivity (Wildman–Crippen MR) is 103 cm³/mol. The molecule has 2 aliphatic rings. The average molecular weight is 365 g/mol. The van der Waals surface area contributed by atoms with Crippen molar-refractivity contribution in [1.29, 1.82) is 0 Å². The highest BCUT2D eigenvalue weighted by molar-refractivity contribution is 6.31. The van der Waals surface area contributed by atoms with Crippen LogP contribution in [0.4, 0.5) is 5.69 Å². The number of benzene rings is 3. The van der Waals surface area contributed by atoms with Crippen molar-refractivity contribution in [1.82, 2.24) is 5.43 Å². The third-order valence-corrected chi connectivity index (χ3v) is 5.51. The second kappa shape index (κ2) is 5.15. The number of nitrogens with one attached hydrogen (secondary N) is 1.